The van der Waals surface area contributed by atoms with Crippen LogP contribution in [-0.4, -0.2) is 28.6 Å². The topological polar surface area (TPSA) is 56.1 Å². The molecule has 2 aromatic rings. The summed E-state index contributed by atoms with van der Waals surface area (Å²) >= 11 is 1.61. The van der Waals surface area contributed by atoms with Crippen molar-refractivity contribution >= 4 is 23.5 Å². The molecule has 1 aliphatic rings. The van der Waals surface area contributed by atoms with Crippen LogP contribution in [0.1, 0.15) is 16.4 Å². The van der Waals surface area contributed by atoms with E-state index in [1.807, 2.05) is 37.5 Å². The first kappa shape index (κ1) is 13.1. The van der Waals surface area contributed by atoms with Crippen LogP contribution in [0.5, 0.6) is 5.75 Å². The lowest BCUT2D eigenvalue weighted by Crippen LogP contribution is -2.15. The Kier molecular flexibility index (Phi) is 3.40. The molecule has 104 valence electrons. The lowest BCUT2D eigenvalue weighted by atomic mass is 10.1. The number of nitrogens with one attached hydrogen (secondary N) is 1. The molecule has 6 heteroatoms. The fraction of sp³-hybridized carbons (Fsp3) is 0.286. The first-order valence-electron chi connectivity index (χ1n) is 6.26. The fourth-order valence-corrected chi connectivity index (χ4v) is 3.36. The molecule has 20 heavy (non-hydrogen) atoms. The van der Waals surface area contributed by atoms with Gasteiger partial charge in [-0.05, 0) is 17.7 Å². The van der Waals surface area contributed by atoms with Gasteiger partial charge in [-0.2, -0.15) is 5.10 Å². The van der Waals surface area contributed by atoms with Crippen molar-refractivity contribution in [3.05, 3.63) is 41.6 Å². The van der Waals surface area contributed by atoms with Gasteiger partial charge in [-0.15, -0.1) is 11.8 Å². The quantitative estimate of drug-likeness (QED) is 0.921. The third-order valence-electron chi connectivity index (χ3n) is 3.31. The van der Waals surface area contributed by atoms with Gasteiger partial charge in [-0.3, -0.25) is 9.48 Å². The summed E-state index contributed by atoms with van der Waals surface area (Å²) in [6, 6.07) is 7.93. The Balaban J connectivity index is 2.01. The molecule has 0 aliphatic carbocycles. The summed E-state index contributed by atoms with van der Waals surface area (Å²) in [5, 5.41) is 7.26. The van der Waals surface area contributed by atoms with Crippen molar-refractivity contribution < 1.29 is 9.53 Å². The van der Waals surface area contributed by atoms with E-state index in [4.69, 9.17) is 4.74 Å². The number of nitrogens with zero attached hydrogens (tertiary/aromatic N) is 2. The monoisotopic (exact) mass is 289 g/mol. The molecule has 1 aliphatic heterocycles. The molecule has 2 heterocycles. The van der Waals surface area contributed by atoms with Crippen molar-refractivity contribution in [2.45, 2.75) is 5.25 Å². The van der Waals surface area contributed by atoms with Crippen LogP contribution in [0.4, 0.5) is 5.82 Å². The smallest absolute Gasteiger partial charge is 0.235 e. The predicted molar refractivity (Wildman–Crippen MR) is 79.1 cm³/mol. The first-order valence-corrected chi connectivity index (χ1v) is 7.31. The molecule has 0 saturated heterocycles. The SMILES string of the molecule is COc1ccc([C@@H]2SCC(=O)Nc3c2cnn3C)cc1. The van der Waals surface area contributed by atoms with Crippen LogP contribution in [0.3, 0.4) is 0 Å². The summed E-state index contributed by atoms with van der Waals surface area (Å²) < 4.78 is 6.89. The highest BCUT2D eigenvalue weighted by Crippen LogP contribution is 2.41. The van der Waals surface area contributed by atoms with E-state index in [2.05, 4.69) is 10.4 Å². The minimum absolute atomic E-state index is 0.0101. The maximum absolute atomic E-state index is 11.8. The largest absolute Gasteiger partial charge is 0.497 e. The number of carbonyl (C=O) groups excluding carboxylic acids is 1. The van der Waals surface area contributed by atoms with E-state index in [1.54, 1.807) is 23.6 Å². The van der Waals surface area contributed by atoms with E-state index >= 15 is 0 Å². The Morgan fingerprint density at radius 1 is 1.40 bits per heavy atom. The number of benzene rings is 1. The van der Waals surface area contributed by atoms with Crippen molar-refractivity contribution in [2.75, 3.05) is 18.2 Å². The molecule has 1 amide bonds. The highest BCUT2D eigenvalue weighted by molar-refractivity contribution is 8.00. The Morgan fingerprint density at radius 2 is 2.15 bits per heavy atom. The van der Waals surface area contributed by atoms with Crippen molar-refractivity contribution in [1.29, 1.82) is 0 Å². The van der Waals surface area contributed by atoms with Crippen LogP contribution in [0.25, 0.3) is 0 Å². The Bertz CT molecular complexity index is 636. The lowest BCUT2D eigenvalue weighted by molar-refractivity contribution is -0.113. The number of hydrogen-bond acceptors (Lipinski definition) is 4. The molecular weight excluding hydrogens is 274 g/mol. The molecule has 0 spiro atoms. The van der Waals surface area contributed by atoms with Gasteiger partial charge in [0.2, 0.25) is 5.91 Å². The van der Waals surface area contributed by atoms with E-state index < -0.39 is 0 Å². The number of methoxy groups -OCH3 is 1. The van der Waals surface area contributed by atoms with Crippen LogP contribution in [-0.2, 0) is 11.8 Å². The Hall–Kier alpha value is -1.95. The second kappa shape index (κ2) is 5.20. The summed E-state index contributed by atoms with van der Waals surface area (Å²) in [5.74, 6) is 2.05. The van der Waals surface area contributed by atoms with Gasteiger partial charge in [-0.1, -0.05) is 12.1 Å². The summed E-state index contributed by atoms with van der Waals surface area (Å²) in [6.07, 6.45) is 1.82. The molecule has 1 N–H and O–H groups in total. The number of ether oxygens (including phenoxy) is 1. The zero-order chi connectivity index (χ0) is 14.1. The molecule has 1 atom stereocenters. The van der Waals surface area contributed by atoms with E-state index in [9.17, 15) is 4.79 Å². The van der Waals surface area contributed by atoms with E-state index in [0.29, 0.717) is 5.75 Å². The number of aromatic nitrogens is 2. The van der Waals surface area contributed by atoms with Gasteiger partial charge >= 0.3 is 0 Å². The summed E-state index contributed by atoms with van der Waals surface area (Å²) in [5.41, 5.74) is 2.18. The van der Waals surface area contributed by atoms with Crippen LogP contribution in [0.15, 0.2) is 30.5 Å². The van der Waals surface area contributed by atoms with Gasteiger partial charge in [0.15, 0.2) is 0 Å². The predicted octanol–water partition coefficient (Wildman–Crippen LogP) is 2.20. The molecule has 5 nitrogen and oxygen atoms in total. The molecule has 0 bridgehead atoms. The lowest BCUT2D eigenvalue weighted by Gasteiger charge is -2.14. The average molecular weight is 289 g/mol. The number of carbonyl (C=O) groups is 1. The second-order valence-electron chi connectivity index (χ2n) is 4.58. The molecule has 3 rings (SSSR count). The minimum Gasteiger partial charge on any atom is -0.497 e. The number of fused-ring (bicyclic) bond motifs is 1. The number of hydrogen-bond donors (Lipinski definition) is 1. The standard InChI is InChI=1S/C14H15N3O2S/c1-17-14-11(7-15-17)13(20-8-12(18)16-14)9-3-5-10(19-2)6-4-9/h3-7,13H,8H2,1-2H3,(H,16,18)/t13-/m0/s1. The molecule has 0 unspecified atom stereocenters. The van der Waals surface area contributed by atoms with Gasteiger partial charge in [0.1, 0.15) is 11.6 Å². The van der Waals surface area contributed by atoms with Gasteiger partial charge in [0.25, 0.3) is 0 Å². The molecule has 0 radical (unpaired) electrons. The highest BCUT2D eigenvalue weighted by atomic mass is 32.2. The number of thioether (sulfide) groups is 1. The number of aryl methyl sites for hydroxylation is 1. The summed E-state index contributed by atoms with van der Waals surface area (Å²) in [4.78, 5) is 11.8. The van der Waals surface area contributed by atoms with Gasteiger partial charge in [-0.25, -0.2) is 0 Å². The van der Waals surface area contributed by atoms with Crippen molar-refractivity contribution in [3.63, 3.8) is 0 Å². The van der Waals surface area contributed by atoms with Gasteiger partial charge in [0.05, 0.1) is 24.3 Å². The fourth-order valence-electron chi connectivity index (χ4n) is 2.27. The Morgan fingerprint density at radius 3 is 2.85 bits per heavy atom. The average Bonchev–Trinajstić information content (AvgIpc) is 2.72. The first-order chi connectivity index (χ1) is 9.69. The summed E-state index contributed by atoms with van der Waals surface area (Å²) in [7, 11) is 3.48. The van der Waals surface area contributed by atoms with Crippen LogP contribution >= 0.6 is 11.8 Å². The zero-order valence-electron chi connectivity index (χ0n) is 11.3. The van der Waals surface area contributed by atoms with Crippen molar-refractivity contribution in [3.8, 4) is 5.75 Å². The normalized spacial score (nSPS) is 18.1. The van der Waals surface area contributed by atoms with Crippen molar-refractivity contribution in [1.82, 2.24) is 9.78 Å². The van der Waals surface area contributed by atoms with E-state index in [-0.39, 0.29) is 11.2 Å². The highest BCUT2D eigenvalue weighted by Gasteiger charge is 2.26. The third kappa shape index (κ3) is 2.27. The number of anilines is 1. The van der Waals surface area contributed by atoms with E-state index in [1.165, 1.54) is 0 Å². The maximum Gasteiger partial charge on any atom is 0.235 e. The van der Waals surface area contributed by atoms with Crippen molar-refractivity contribution in [2.24, 2.45) is 7.05 Å². The zero-order valence-corrected chi connectivity index (χ0v) is 12.1. The molecule has 1 aromatic heterocycles. The maximum atomic E-state index is 11.8. The molecule has 0 fully saturated rings. The van der Waals surface area contributed by atoms with Gasteiger partial charge in [0, 0.05) is 12.6 Å². The minimum atomic E-state index is 0.0101. The summed E-state index contributed by atoms with van der Waals surface area (Å²) in [6.45, 7) is 0. The third-order valence-corrected chi connectivity index (χ3v) is 4.60. The van der Waals surface area contributed by atoms with Crippen LogP contribution in [0.2, 0.25) is 0 Å². The molecule has 0 saturated carbocycles. The van der Waals surface area contributed by atoms with Crippen LogP contribution in [0, 0.1) is 0 Å². The second-order valence-corrected chi connectivity index (χ2v) is 5.68. The number of amides is 1. The number of rotatable bonds is 2. The Labute approximate surface area is 121 Å². The van der Waals surface area contributed by atoms with Crippen LogP contribution < -0.4 is 10.1 Å². The molecule has 1 aromatic carbocycles. The van der Waals surface area contributed by atoms with Gasteiger partial charge < -0.3 is 10.1 Å². The van der Waals surface area contributed by atoms with E-state index in [0.717, 1.165) is 22.7 Å². The molecular formula is C14H15N3O2S.